The number of aryl methyl sites for hydroxylation is 1. The van der Waals surface area contributed by atoms with Crippen molar-refractivity contribution in [2.45, 2.75) is 64.0 Å². The Kier molecular flexibility index (Phi) is 5.66. The molecule has 5 nitrogen and oxygen atoms in total. The van der Waals surface area contributed by atoms with Crippen LogP contribution in [0.3, 0.4) is 0 Å². The third-order valence-corrected chi connectivity index (χ3v) is 5.43. The maximum Gasteiger partial charge on any atom is 0.253 e. The van der Waals surface area contributed by atoms with Gasteiger partial charge in [0.1, 0.15) is 0 Å². The Morgan fingerprint density at radius 1 is 1.27 bits per heavy atom. The quantitative estimate of drug-likeness (QED) is 0.880. The molecule has 0 aliphatic carbocycles. The number of carbonyl (C=O) groups is 2. The molecule has 2 heterocycles. The first-order chi connectivity index (χ1) is 12.3. The summed E-state index contributed by atoms with van der Waals surface area (Å²) in [4.78, 5) is 28.9. The number of rotatable bonds is 5. The van der Waals surface area contributed by atoms with Crippen molar-refractivity contribution < 1.29 is 14.7 Å². The lowest BCUT2D eigenvalue weighted by atomic mass is 9.97. The zero-order valence-electron chi connectivity index (χ0n) is 15.9. The monoisotopic (exact) mass is 358 g/mol. The Balaban J connectivity index is 1.65. The van der Waals surface area contributed by atoms with E-state index in [-0.39, 0.29) is 17.9 Å². The summed E-state index contributed by atoms with van der Waals surface area (Å²) in [5.41, 5.74) is 1.07. The molecule has 2 amide bonds. The predicted molar refractivity (Wildman–Crippen MR) is 101 cm³/mol. The fourth-order valence-corrected chi connectivity index (χ4v) is 3.94. The average Bonchev–Trinajstić information content (AvgIpc) is 3.05. The van der Waals surface area contributed by atoms with E-state index >= 15 is 0 Å². The molecule has 0 bridgehead atoms. The Morgan fingerprint density at radius 2 is 2.08 bits per heavy atom. The number of hydrogen-bond donors (Lipinski definition) is 1. The van der Waals surface area contributed by atoms with Crippen molar-refractivity contribution in [3.63, 3.8) is 0 Å². The van der Waals surface area contributed by atoms with Crippen LogP contribution in [0.2, 0.25) is 0 Å². The van der Waals surface area contributed by atoms with Crippen molar-refractivity contribution in [1.29, 1.82) is 0 Å². The lowest BCUT2D eigenvalue weighted by Crippen LogP contribution is -2.50. The molecule has 2 aliphatic rings. The van der Waals surface area contributed by atoms with Gasteiger partial charge in [0.15, 0.2) is 0 Å². The largest absolute Gasteiger partial charge is 0.390 e. The molecule has 2 fully saturated rings. The SMILES string of the molecule is CC(C)(O)CCc1cccc(C(=O)N2CCC[C@@H](N3CCCC3=O)C2)c1. The first-order valence-corrected chi connectivity index (χ1v) is 9.73. The molecule has 2 aliphatic heterocycles. The van der Waals surface area contributed by atoms with E-state index in [1.165, 1.54) is 0 Å². The molecule has 1 atom stereocenters. The number of likely N-dealkylation sites (tertiary alicyclic amines) is 2. The fraction of sp³-hybridized carbons (Fsp3) is 0.619. The third-order valence-electron chi connectivity index (χ3n) is 5.43. The van der Waals surface area contributed by atoms with Crippen LogP contribution in [0.25, 0.3) is 0 Å². The summed E-state index contributed by atoms with van der Waals surface area (Å²) in [6, 6.07) is 7.89. The van der Waals surface area contributed by atoms with E-state index in [1.54, 1.807) is 13.8 Å². The van der Waals surface area contributed by atoms with E-state index in [2.05, 4.69) is 0 Å². The van der Waals surface area contributed by atoms with Gasteiger partial charge in [-0.25, -0.2) is 0 Å². The smallest absolute Gasteiger partial charge is 0.253 e. The summed E-state index contributed by atoms with van der Waals surface area (Å²) in [7, 11) is 0. The van der Waals surface area contributed by atoms with Gasteiger partial charge in [-0.3, -0.25) is 9.59 Å². The Morgan fingerprint density at radius 3 is 2.77 bits per heavy atom. The van der Waals surface area contributed by atoms with Crippen LogP contribution in [0.1, 0.15) is 61.9 Å². The number of aliphatic hydroxyl groups is 1. The minimum Gasteiger partial charge on any atom is -0.390 e. The summed E-state index contributed by atoms with van der Waals surface area (Å²) < 4.78 is 0. The highest BCUT2D eigenvalue weighted by Crippen LogP contribution is 2.23. The molecule has 0 radical (unpaired) electrons. The fourth-order valence-electron chi connectivity index (χ4n) is 3.94. The van der Waals surface area contributed by atoms with Gasteiger partial charge in [0.2, 0.25) is 5.91 Å². The van der Waals surface area contributed by atoms with E-state index < -0.39 is 5.60 Å². The molecule has 142 valence electrons. The van der Waals surface area contributed by atoms with Gasteiger partial charge < -0.3 is 14.9 Å². The van der Waals surface area contributed by atoms with Gasteiger partial charge in [-0.15, -0.1) is 0 Å². The van der Waals surface area contributed by atoms with E-state index in [9.17, 15) is 14.7 Å². The maximum atomic E-state index is 13.0. The van der Waals surface area contributed by atoms with Crippen LogP contribution in [-0.4, -0.2) is 58.0 Å². The minimum absolute atomic E-state index is 0.0476. The third kappa shape index (κ3) is 4.64. The van der Waals surface area contributed by atoms with Gasteiger partial charge in [-0.05, 0) is 63.6 Å². The van der Waals surface area contributed by atoms with Gasteiger partial charge in [0.25, 0.3) is 5.91 Å². The lowest BCUT2D eigenvalue weighted by molar-refractivity contribution is -0.130. The van der Waals surface area contributed by atoms with Gasteiger partial charge in [0, 0.05) is 37.7 Å². The normalized spacial score (nSPS) is 21.3. The van der Waals surface area contributed by atoms with Crippen molar-refractivity contribution in [2.24, 2.45) is 0 Å². The standard InChI is InChI=1S/C21H30N2O3/c1-21(2,26)11-10-16-6-3-7-17(14-16)20(25)22-12-4-8-18(15-22)23-13-5-9-19(23)24/h3,6-7,14,18,26H,4-5,8-13,15H2,1-2H3/t18-/m1/s1. The zero-order chi connectivity index (χ0) is 18.7. The van der Waals surface area contributed by atoms with Crippen LogP contribution >= 0.6 is 0 Å². The Labute approximate surface area is 156 Å². The number of benzene rings is 1. The molecule has 0 aromatic heterocycles. The highest BCUT2D eigenvalue weighted by Gasteiger charge is 2.33. The molecule has 2 saturated heterocycles. The molecular weight excluding hydrogens is 328 g/mol. The number of nitrogens with zero attached hydrogens (tertiary/aromatic N) is 2. The van der Waals surface area contributed by atoms with E-state index in [0.717, 1.165) is 44.3 Å². The van der Waals surface area contributed by atoms with E-state index in [0.29, 0.717) is 24.9 Å². The second-order valence-corrected chi connectivity index (χ2v) is 8.25. The minimum atomic E-state index is -0.706. The van der Waals surface area contributed by atoms with E-state index in [1.807, 2.05) is 34.1 Å². The average molecular weight is 358 g/mol. The van der Waals surface area contributed by atoms with Gasteiger partial charge in [-0.2, -0.15) is 0 Å². The molecule has 0 saturated carbocycles. The van der Waals surface area contributed by atoms with Crippen LogP contribution in [-0.2, 0) is 11.2 Å². The van der Waals surface area contributed by atoms with Crippen LogP contribution in [0.5, 0.6) is 0 Å². The predicted octanol–water partition coefficient (Wildman–Crippen LogP) is 2.62. The van der Waals surface area contributed by atoms with E-state index in [4.69, 9.17) is 0 Å². The molecule has 0 spiro atoms. The van der Waals surface area contributed by atoms with Crippen molar-refractivity contribution in [1.82, 2.24) is 9.80 Å². The maximum absolute atomic E-state index is 13.0. The molecule has 3 rings (SSSR count). The van der Waals surface area contributed by atoms with Gasteiger partial charge >= 0.3 is 0 Å². The molecule has 0 unspecified atom stereocenters. The summed E-state index contributed by atoms with van der Waals surface area (Å²) in [5, 5.41) is 9.91. The second-order valence-electron chi connectivity index (χ2n) is 8.25. The van der Waals surface area contributed by atoms with Gasteiger partial charge in [0.05, 0.1) is 5.60 Å². The second kappa shape index (κ2) is 7.78. The highest BCUT2D eigenvalue weighted by molar-refractivity contribution is 5.94. The van der Waals surface area contributed by atoms with Crippen LogP contribution in [0.4, 0.5) is 0 Å². The van der Waals surface area contributed by atoms with Crippen LogP contribution in [0.15, 0.2) is 24.3 Å². The summed E-state index contributed by atoms with van der Waals surface area (Å²) in [6.07, 6.45) is 4.92. The molecule has 5 heteroatoms. The summed E-state index contributed by atoms with van der Waals surface area (Å²) in [5.74, 6) is 0.282. The Bertz CT molecular complexity index is 665. The first kappa shape index (κ1) is 18.9. The molecular formula is C21H30N2O3. The molecule has 1 N–H and O–H groups in total. The summed E-state index contributed by atoms with van der Waals surface area (Å²) in [6.45, 7) is 5.83. The lowest BCUT2D eigenvalue weighted by Gasteiger charge is -2.37. The van der Waals surface area contributed by atoms with Crippen LogP contribution in [0, 0.1) is 0 Å². The molecule has 1 aromatic rings. The van der Waals surface area contributed by atoms with Gasteiger partial charge in [-0.1, -0.05) is 12.1 Å². The topological polar surface area (TPSA) is 60.9 Å². The molecule has 26 heavy (non-hydrogen) atoms. The van der Waals surface area contributed by atoms with Crippen molar-refractivity contribution in [3.05, 3.63) is 35.4 Å². The van der Waals surface area contributed by atoms with Crippen molar-refractivity contribution >= 4 is 11.8 Å². The van der Waals surface area contributed by atoms with Crippen LogP contribution < -0.4 is 0 Å². The number of piperidine rings is 1. The highest BCUT2D eigenvalue weighted by atomic mass is 16.3. The first-order valence-electron chi connectivity index (χ1n) is 9.73. The zero-order valence-corrected chi connectivity index (χ0v) is 15.9. The Hall–Kier alpha value is -1.88. The van der Waals surface area contributed by atoms with Crippen molar-refractivity contribution in [3.8, 4) is 0 Å². The number of amides is 2. The number of hydrogen-bond acceptors (Lipinski definition) is 3. The molecule has 1 aromatic carbocycles. The number of carbonyl (C=O) groups excluding carboxylic acids is 2. The van der Waals surface area contributed by atoms with Crippen molar-refractivity contribution in [2.75, 3.05) is 19.6 Å². The summed E-state index contributed by atoms with van der Waals surface area (Å²) >= 11 is 0.